The largest absolute Gasteiger partial charge is 0.297 e. The third-order valence-corrected chi connectivity index (χ3v) is 4.56. The molecule has 1 heteroatoms. The summed E-state index contributed by atoms with van der Waals surface area (Å²) in [6, 6.07) is 1.89. The van der Waals surface area contributed by atoms with Crippen molar-refractivity contribution in [3.63, 3.8) is 0 Å². The second kappa shape index (κ2) is 5.34. The van der Waals surface area contributed by atoms with Gasteiger partial charge in [0.05, 0.1) is 0 Å². The molecule has 0 aromatic heterocycles. The van der Waals surface area contributed by atoms with Gasteiger partial charge in [0.15, 0.2) is 0 Å². The van der Waals surface area contributed by atoms with E-state index in [0.29, 0.717) is 0 Å². The maximum Gasteiger partial charge on any atom is 0.0124 e. The summed E-state index contributed by atoms with van der Waals surface area (Å²) in [4.78, 5) is 2.85. The Morgan fingerprint density at radius 1 is 1.13 bits per heavy atom. The molecule has 0 spiro atoms. The Morgan fingerprint density at radius 2 is 2.00 bits per heavy atom. The van der Waals surface area contributed by atoms with Gasteiger partial charge in [0.25, 0.3) is 0 Å². The zero-order valence-corrected chi connectivity index (χ0v) is 10.5. The number of unbranched alkanes of at least 4 members (excludes halogenated alkanes) is 2. The van der Waals surface area contributed by atoms with E-state index < -0.39 is 0 Å². The summed E-state index contributed by atoms with van der Waals surface area (Å²) >= 11 is 0. The molecule has 1 nitrogen and oxygen atoms in total. The van der Waals surface area contributed by atoms with E-state index in [1.165, 1.54) is 57.9 Å². The second-order valence-corrected chi connectivity index (χ2v) is 5.65. The molecule has 0 amide bonds. The fraction of sp³-hybridized carbons (Fsp3) is 1.00. The molecule has 2 fully saturated rings. The van der Waals surface area contributed by atoms with Crippen LogP contribution in [0.1, 0.15) is 65.2 Å². The first-order valence-corrected chi connectivity index (χ1v) is 7.08. The first-order chi connectivity index (χ1) is 7.33. The van der Waals surface area contributed by atoms with Crippen LogP contribution in [0.2, 0.25) is 0 Å². The first-order valence-electron chi connectivity index (χ1n) is 7.08. The van der Waals surface area contributed by atoms with Crippen molar-refractivity contribution in [2.75, 3.05) is 6.54 Å². The minimum Gasteiger partial charge on any atom is -0.297 e. The molecule has 2 aliphatic heterocycles. The lowest BCUT2D eigenvalue weighted by molar-refractivity contribution is 0.0751. The van der Waals surface area contributed by atoms with Gasteiger partial charge in [-0.1, -0.05) is 33.1 Å². The van der Waals surface area contributed by atoms with Crippen molar-refractivity contribution in [3.05, 3.63) is 0 Å². The van der Waals surface area contributed by atoms with Crippen LogP contribution in [0, 0.1) is 5.92 Å². The Bertz CT molecular complexity index is 190. The van der Waals surface area contributed by atoms with Gasteiger partial charge in [-0.05, 0) is 44.6 Å². The van der Waals surface area contributed by atoms with E-state index in [-0.39, 0.29) is 0 Å². The predicted molar refractivity (Wildman–Crippen MR) is 66.1 cm³/mol. The van der Waals surface area contributed by atoms with E-state index in [4.69, 9.17) is 0 Å². The first kappa shape index (κ1) is 11.4. The highest BCUT2D eigenvalue weighted by molar-refractivity contribution is 4.92. The average Bonchev–Trinajstić information content (AvgIpc) is 2.71. The van der Waals surface area contributed by atoms with Crippen LogP contribution in [0.3, 0.4) is 0 Å². The van der Waals surface area contributed by atoms with Crippen LogP contribution in [0.25, 0.3) is 0 Å². The van der Waals surface area contributed by atoms with Crippen molar-refractivity contribution in [3.8, 4) is 0 Å². The number of nitrogens with zero attached hydrogens (tertiary/aromatic N) is 1. The Labute approximate surface area is 95.2 Å². The maximum absolute atomic E-state index is 2.85. The van der Waals surface area contributed by atoms with E-state index in [9.17, 15) is 0 Å². The number of hydrogen-bond acceptors (Lipinski definition) is 1. The van der Waals surface area contributed by atoms with Crippen LogP contribution in [0.15, 0.2) is 0 Å². The fourth-order valence-electron chi connectivity index (χ4n) is 3.63. The van der Waals surface area contributed by atoms with E-state index in [2.05, 4.69) is 18.7 Å². The molecule has 0 saturated carbocycles. The van der Waals surface area contributed by atoms with Crippen molar-refractivity contribution in [2.24, 2.45) is 5.92 Å². The molecule has 0 bridgehead atoms. The summed E-state index contributed by atoms with van der Waals surface area (Å²) in [6.45, 7) is 6.17. The van der Waals surface area contributed by atoms with Crippen LogP contribution in [-0.4, -0.2) is 23.5 Å². The molecule has 2 aliphatic rings. The quantitative estimate of drug-likeness (QED) is 0.636. The molecule has 0 unspecified atom stereocenters. The third-order valence-electron chi connectivity index (χ3n) is 4.56. The van der Waals surface area contributed by atoms with Crippen molar-refractivity contribution in [1.82, 2.24) is 4.90 Å². The summed E-state index contributed by atoms with van der Waals surface area (Å²) in [7, 11) is 0. The van der Waals surface area contributed by atoms with Crippen LogP contribution >= 0.6 is 0 Å². The summed E-state index contributed by atoms with van der Waals surface area (Å²) in [5.41, 5.74) is 0. The Kier molecular flexibility index (Phi) is 4.07. The highest BCUT2D eigenvalue weighted by Gasteiger charge is 2.37. The molecular weight excluding hydrogens is 182 g/mol. The molecule has 3 atom stereocenters. The number of hydrogen-bond donors (Lipinski definition) is 0. The molecule has 0 radical (unpaired) electrons. The lowest BCUT2D eigenvalue weighted by Gasteiger charge is -2.41. The van der Waals surface area contributed by atoms with E-state index in [0.717, 1.165) is 18.0 Å². The van der Waals surface area contributed by atoms with Gasteiger partial charge in [-0.15, -0.1) is 0 Å². The normalized spacial score (nSPS) is 36.8. The van der Waals surface area contributed by atoms with Gasteiger partial charge in [-0.3, -0.25) is 4.90 Å². The summed E-state index contributed by atoms with van der Waals surface area (Å²) in [5, 5.41) is 0. The molecule has 2 heterocycles. The fourth-order valence-corrected chi connectivity index (χ4v) is 3.63. The van der Waals surface area contributed by atoms with Gasteiger partial charge in [0.1, 0.15) is 0 Å². The average molecular weight is 209 g/mol. The van der Waals surface area contributed by atoms with Crippen molar-refractivity contribution in [2.45, 2.75) is 77.3 Å². The molecule has 15 heavy (non-hydrogen) atoms. The van der Waals surface area contributed by atoms with Crippen molar-refractivity contribution >= 4 is 0 Å². The smallest absolute Gasteiger partial charge is 0.0124 e. The highest BCUT2D eigenvalue weighted by atomic mass is 15.2. The summed E-state index contributed by atoms with van der Waals surface area (Å²) < 4.78 is 0. The zero-order chi connectivity index (χ0) is 10.7. The van der Waals surface area contributed by atoms with Gasteiger partial charge in [0.2, 0.25) is 0 Å². The zero-order valence-electron chi connectivity index (χ0n) is 10.5. The van der Waals surface area contributed by atoms with E-state index in [1.54, 1.807) is 0 Å². The van der Waals surface area contributed by atoms with Crippen LogP contribution in [0.5, 0.6) is 0 Å². The molecule has 0 aromatic rings. The van der Waals surface area contributed by atoms with E-state index in [1.807, 2.05) is 0 Å². The van der Waals surface area contributed by atoms with Crippen LogP contribution < -0.4 is 0 Å². The lowest BCUT2D eigenvalue weighted by Crippen LogP contribution is -2.46. The van der Waals surface area contributed by atoms with Gasteiger partial charge in [-0.25, -0.2) is 0 Å². The Balaban J connectivity index is 1.84. The Hall–Kier alpha value is -0.0400. The molecule has 0 aromatic carbocycles. The molecule has 2 saturated heterocycles. The SMILES string of the molecule is CCCCC[C@H]1CC[C@@H](C)[C@@H]2CCCN12. The topological polar surface area (TPSA) is 3.24 Å². The van der Waals surface area contributed by atoms with Gasteiger partial charge in [-0.2, -0.15) is 0 Å². The van der Waals surface area contributed by atoms with Crippen LogP contribution in [-0.2, 0) is 0 Å². The molecule has 88 valence electrons. The van der Waals surface area contributed by atoms with Gasteiger partial charge < -0.3 is 0 Å². The molecule has 0 aliphatic carbocycles. The van der Waals surface area contributed by atoms with Crippen LogP contribution in [0.4, 0.5) is 0 Å². The molecule has 0 N–H and O–H groups in total. The van der Waals surface area contributed by atoms with Crippen molar-refractivity contribution < 1.29 is 0 Å². The minimum absolute atomic E-state index is 0.945. The number of piperidine rings is 1. The molecule has 2 rings (SSSR count). The third kappa shape index (κ3) is 2.55. The lowest BCUT2D eigenvalue weighted by atomic mass is 9.85. The summed E-state index contributed by atoms with van der Waals surface area (Å²) in [5.74, 6) is 0.968. The van der Waals surface area contributed by atoms with Crippen molar-refractivity contribution in [1.29, 1.82) is 0 Å². The number of rotatable bonds is 4. The highest BCUT2D eigenvalue weighted by Crippen LogP contribution is 2.36. The van der Waals surface area contributed by atoms with Gasteiger partial charge in [0, 0.05) is 12.1 Å². The second-order valence-electron chi connectivity index (χ2n) is 5.65. The monoisotopic (exact) mass is 209 g/mol. The Morgan fingerprint density at radius 3 is 2.80 bits per heavy atom. The maximum atomic E-state index is 2.85. The minimum atomic E-state index is 0.945. The van der Waals surface area contributed by atoms with Gasteiger partial charge >= 0.3 is 0 Å². The molecular formula is C14H27N. The number of fused-ring (bicyclic) bond motifs is 1. The summed E-state index contributed by atoms with van der Waals surface area (Å²) in [6.07, 6.45) is 11.6. The standard InChI is InChI=1S/C14H27N/c1-3-4-5-7-13-10-9-12(2)14-8-6-11-15(13)14/h12-14H,3-11H2,1-2H3/t12-,13+,14+/m1/s1. The van der Waals surface area contributed by atoms with E-state index >= 15 is 0 Å². The predicted octanol–water partition coefficient (Wildman–Crippen LogP) is 3.83.